The zero-order chi connectivity index (χ0) is 23.7. The summed E-state index contributed by atoms with van der Waals surface area (Å²) in [5.74, 6) is -4.01. The summed E-state index contributed by atoms with van der Waals surface area (Å²) in [5, 5.41) is 4.69. The number of aromatic nitrogens is 4. The fourth-order valence-corrected chi connectivity index (χ4v) is 5.70. The largest absolute Gasteiger partial charge is 0.327 e. The van der Waals surface area contributed by atoms with Crippen LogP contribution in [0.3, 0.4) is 0 Å². The fourth-order valence-electron chi connectivity index (χ4n) is 5.70. The van der Waals surface area contributed by atoms with E-state index in [1.807, 2.05) is 28.4 Å². The maximum atomic E-state index is 14.0. The van der Waals surface area contributed by atoms with Gasteiger partial charge in [0.2, 0.25) is 0 Å². The molecule has 1 saturated heterocycles. The summed E-state index contributed by atoms with van der Waals surface area (Å²) < 4.78 is 45.1. The predicted octanol–water partition coefficient (Wildman–Crippen LogP) is 4.75. The number of halogens is 3. The van der Waals surface area contributed by atoms with Crippen LogP contribution in [-0.2, 0) is 13.5 Å². The van der Waals surface area contributed by atoms with Gasteiger partial charge in [-0.05, 0) is 56.9 Å². The Labute approximate surface area is 193 Å². The smallest absolute Gasteiger partial charge is 0.256 e. The Kier molecular flexibility index (Phi) is 4.59. The van der Waals surface area contributed by atoms with Gasteiger partial charge in [-0.2, -0.15) is 5.10 Å². The highest BCUT2D eigenvalue weighted by molar-refractivity contribution is 5.96. The number of carbonyl (C=O) groups excluding carboxylic acids is 1. The number of hydrogen-bond donors (Lipinski definition) is 0. The van der Waals surface area contributed by atoms with E-state index < -0.39 is 17.5 Å². The SMILES string of the molecule is Cc1c(C(=O)N2[C@@H]3CCC[C@H]2c2nn(C)c(-c4cc(F)c(F)c(F)c4)c2C3)ccc2cncn12. The second-order valence-corrected chi connectivity index (χ2v) is 9.13. The van der Waals surface area contributed by atoms with Gasteiger partial charge in [-0.3, -0.25) is 9.48 Å². The van der Waals surface area contributed by atoms with Crippen LogP contribution in [-0.4, -0.2) is 36.0 Å². The molecule has 34 heavy (non-hydrogen) atoms. The molecule has 5 heterocycles. The predicted molar refractivity (Wildman–Crippen MR) is 119 cm³/mol. The summed E-state index contributed by atoms with van der Waals surface area (Å²) in [6.07, 6.45) is 6.51. The van der Waals surface area contributed by atoms with Crippen LogP contribution < -0.4 is 0 Å². The maximum Gasteiger partial charge on any atom is 0.256 e. The number of pyridine rings is 1. The van der Waals surface area contributed by atoms with Crippen molar-refractivity contribution >= 4 is 11.4 Å². The quantitative estimate of drug-likeness (QED) is 0.402. The van der Waals surface area contributed by atoms with Gasteiger partial charge in [-0.1, -0.05) is 0 Å². The number of imidazole rings is 1. The molecule has 2 aliphatic rings. The molecule has 1 amide bonds. The first-order chi connectivity index (χ1) is 16.3. The highest BCUT2D eigenvalue weighted by atomic mass is 19.2. The van der Waals surface area contributed by atoms with E-state index in [4.69, 9.17) is 0 Å². The summed E-state index contributed by atoms with van der Waals surface area (Å²) in [5.41, 5.74) is 4.78. The molecule has 0 spiro atoms. The third kappa shape index (κ3) is 2.92. The number of fused-ring (bicyclic) bond motifs is 5. The Hall–Kier alpha value is -3.62. The molecule has 0 aliphatic carbocycles. The van der Waals surface area contributed by atoms with Crippen molar-refractivity contribution in [2.75, 3.05) is 0 Å². The molecule has 174 valence electrons. The monoisotopic (exact) mass is 465 g/mol. The average molecular weight is 465 g/mol. The van der Waals surface area contributed by atoms with Crippen molar-refractivity contribution in [1.29, 1.82) is 0 Å². The number of benzene rings is 1. The summed E-state index contributed by atoms with van der Waals surface area (Å²) in [6, 6.07) is 5.44. The van der Waals surface area contributed by atoms with Crippen molar-refractivity contribution < 1.29 is 18.0 Å². The van der Waals surface area contributed by atoms with Gasteiger partial charge in [0.1, 0.15) is 0 Å². The Morgan fingerprint density at radius 1 is 1.12 bits per heavy atom. The first kappa shape index (κ1) is 20.9. The Morgan fingerprint density at radius 2 is 1.88 bits per heavy atom. The molecular formula is C25H22F3N5O. The lowest BCUT2D eigenvalue weighted by atomic mass is 9.81. The van der Waals surface area contributed by atoms with Gasteiger partial charge >= 0.3 is 0 Å². The number of aryl methyl sites for hydroxylation is 2. The van der Waals surface area contributed by atoms with E-state index in [2.05, 4.69) is 10.1 Å². The van der Waals surface area contributed by atoms with Crippen LogP contribution in [0.5, 0.6) is 0 Å². The lowest BCUT2D eigenvalue weighted by Crippen LogP contribution is -2.50. The molecule has 0 saturated carbocycles. The zero-order valence-corrected chi connectivity index (χ0v) is 18.7. The van der Waals surface area contributed by atoms with Gasteiger partial charge < -0.3 is 9.30 Å². The third-order valence-electron chi connectivity index (χ3n) is 7.24. The average Bonchev–Trinajstić information content (AvgIpc) is 3.41. The van der Waals surface area contributed by atoms with Crippen LogP contribution in [0.15, 0.2) is 36.8 Å². The molecule has 0 N–H and O–H groups in total. The van der Waals surface area contributed by atoms with E-state index in [-0.39, 0.29) is 23.6 Å². The third-order valence-corrected chi connectivity index (χ3v) is 7.24. The van der Waals surface area contributed by atoms with Crippen molar-refractivity contribution in [2.45, 2.75) is 44.7 Å². The second-order valence-electron chi connectivity index (χ2n) is 9.13. The van der Waals surface area contributed by atoms with Crippen LogP contribution in [0, 0.1) is 24.4 Å². The summed E-state index contributed by atoms with van der Waals surface area (Å²) in [4.78, 5) is 19.9. The summed E-state index contributed by atoms with van der Waals surface area (Å²) in [7, 11) is 1.71. The first-order valence-corrected chi connectivity index (χ1v) is 11.3. The van der Waals surface area contributed by atoms with Crippen molar-refractivity contribution in [3.63, 3.8) is 0 Å². The molecule has 3 aromatic heterocycles. The topological polar surface area (TPSA) is 55.4 Å². The summed E-state index contributed by atoms with van der Waals surface area (Å²) >= 11 is 0. The number of piperidine rings is 1. The van der Waals surface area contributed by atoms with Crippen molar-refractivity contribution in [1.82, 2.24) is 24.1 Å². The Morgan fingerprint density at radius 3 is 2.65 bits per heavy atom. The first-order valence-electron chi connectivity index (χ1n) is 11.3. The Balaban J connectivity index is 1.45. The molecule has 2 bridgehead atoms. The molecule has 6 rings (SSSR count). The van der Waals surface area contributed by atoms with Crippen molar-refractivity contribution in [2.24, 2.45) is 7.05 Å². The van der Waals surface area contributed by atoms with E-state index >= 15 is 0 Å². The minimum Gasteiger partial charge on any atom is -0.327 e. The van der Waals surface area contributed by atoms with Gasteiger partial charge in [-0.25, -0.2) is 18.2 Å². The molecule has 1 fully saturated rings. The van der Waals surface area contributed by atoms with Gasteiger partial charge in [0.15, 0.2) is 17.5 Å². The van der Waals surface area contributed by atoms with Gasteiger partial charge in [0.25, 0.3) is 5.91 Å². The maximum absolute atomic E-state index is 14.0. The molecule has 6 nitrogen and oxygen atoms in total. The van der Waals surface area contributed by atoms with Crippen molar-refractivity contribution in [3.8, 4) is 11.3 Å². The highest BCUT2D eigenvalue weighted by Crippen LogP contribution is 2.45. The number of hydrogen-bond acceptors (Lipinski definition) is 3. The molecule has 0 radical (unpaired) electrons. The number of nitrogens with zero attached hydrogens (tertiary/aromatic N) is 5. The molecule has 0 unspecified atom stereocenters. The normalized spacial score (nSPS) is 19.5. The van der Waals surface area contributed by atoms with Crippen LogP contribution >= 0.6 is 0 Å². The van der Waals surface area contributed by atoms with E-state index in [0.717, 1.165) is 53.9 Å². The second kappa shape index (κ2) is 7.44. The van der Waals surface area contributed by atoms with Crippen LogP contribution in [0.25, 0.3) is 16.8 Å². The minimum atomic E-state index is -1.49. The fraction of sp³-hybridized carbons (Fsp3) is 0.320. The molecule has 4 aromatic rings. The molecule has 9 heteroatoms. The van der Waals surface area contributed by atoms with Crippen LogP contribution in [0.4, 0.5) is 13.2 Å². The Bertz CT molecular complexity index is 1450. The van der Waals surface area contributed by atoms with E-state index in [1.54, 1.807) is 24.3 Å². The number of rotatable bonds is 2. The number of amides is 1. The summed E-state index contributed by atoms with van der Waals surface area (Å²) in [6.45, 7) is 1.91. The zero-order valence-electron chi connectivity index (χ0n) is 18.7. The molecular weight excluding hydrogens is 443 g/mol. The number of carbonyl (C=O) groups is 1. The lowest BCUT2D eigenvalue weighted by Gasteiger charge is -2.45. The van der Waals surface area contributed by atoms with Crippen molar-refractivity contribution in [3.05, 3.63) is 76.8 Å². The standard InChI is InChI=1S/C25H22F3N5O/c1-13-17(7-6-16-11-29-12-32(13)16)25(34)33-15-4-3-5-21(33)23-18(10-15)24(31(2)30-23)14-8-19(26)22(28)20(27)9-14/h6-9,11-12,15,21H,3-5,10H2,1-2H3/t15-,21+/m1/s1. The molecule has 1 aromatic carbocycles. The van der Waals surface area contributed by atoms with Gasteiger partial charge in [0.05, 0.1) is 41.0 Å². The van der Waals surface area contributed by atoms with Gasteiger partial charge in [0, 0.05) is 29.9 Å². The lowest BCUT2D eigenvalue weighted by molar-refractivity contribution is 0.0390. The highest BCUT2D eigenvalue weighted by Gasteiger charge is 2.44. The van der Waals surface area contributed by atoms with E-state index in [0.29, 0.717) is 17.7 Å². The van der Waals surface area contributed by atoms with Crippen LogP contribution in [0.1, 0.15) is 52.6 Å². The molecule has 2 atom stereocenters. The van der Waals surface area contributed by atoms with E-state index in [1.165, 1.54) is 0 Å². The van der Waals surface area contributed by atoms with Gasteiger partial charge in [-0.15, -0.1) is 0 Å². The minimum absolute atomic E-state index is 0.0560. The van der Waals surface area contributed by atoms with Crippen LogP contribution in [0.2, 0.25) is 0 Å². The van der Waals surface area contributed by atoms with E-state index in [9.17, 15) is 18.0 Å². The molecule has 2 aliphatic heterocycles.